The number of ether oxygens (including phenoxy) is 1. The van der Waals surface area contributed by atoms with Crippen LogP contribution in [0.4, 0.5) is 10.5 Å². The Morgan fingerprint density at radius 3 is 2.24 bits per heavy atom. The molecule has 116 valence electrons. The van der Waals surface area contributed by atoms with Gasteiger partial charge in [-0.3, -0.25) is 5.32 Å². The Morgan fingerprint density at radius 2 is 1.71 bits per heavy atom. The monoisotopic (exact) mass is 299 g/mol. The third kappa shape index (κ3) is 3.31. The molecule has 1 heterocycles. The summed E-state index contributed by atoms with van der Waals surface area (Å²) in [5.41, 5.74) is 0.832. The number of carboxylic acid groups (broad SMARTS) is 1. The average molecular weight is 299 g/mol. The molecule has 1 aliphatic rings. The highest BCUT2D eigenvalue weighted by Gasteiger charge is 2.43. The van der Waals surface area contributed by atoms with E-state index in [1.54, 1.807) is 0 Å². The van der Waals surface area contributed by atoms with Crippen LogP contribution in [0.2, 0.25) is 0 Å². The molecule has 0 aromatic heterocycles. The van der Waals surface area contributed by atoms with Gasteiger partial charge < -0.3 is 30.3 Å². The number of hydrogen-bond donors (Lipinski definition) is 6. The number of rotatable bonds is 3. The van der Waals surface area contributed by atoms with Crippen LogP contribution in [0.1, 0.15) is 11.7 Å². The van der Waals surface area contributed by atoms with Crippen LogP contribution in [0.25, 0.3) is 0 Å². The fourth-order valence-corrected chi connectivity index (χ4v) is 2.26. The minimum absolute atomic E-state index is 0.343. The lowest BCUT2D eigenvalue weighted by atomic mass is 9.91. The molecule has 1 aliphatic heterocycles. The van der Waals surface area contributed by atoms with Crippen molar-refractivity contribution in [1.82, 2.24) is 0 Å². The summed E-state index contributed by atoms with van der Waals surface area (Å²) in [5.74, 6) is 0. The van der Waals surface area contributed by atoms with Crippen LogP contribution in [-0.4, -0.2) is 62.6 Å². The lowest BCUT2D eigenvalue weighted by molar-refractivity contribution is -0.231. The molecule has 0 radical (unpaired) electrons. The Balaban J connectivity index is 2.18. The van der Waals surface area contributed by atoms with Crippen molar-refractivity contribution in [2.45, 2.75) is 30.5 Å². The van der Waals surface area contributed by atoms with Crippen molar-refractivity contribution >= 4 is 11.8 Å². The van der Waals surface area contributed by atoms with E-state index >= 15 is 0 Å². The number of aliphatic hydroxyl groups is 4. The zero-order valence-corrected chi connectivity index (χ0v) is 11.0. The Morgan fingerprint density at radius 1 is 1.10 bits per heavy atom. The van der Waals surface area contributed by atoms with Crippen LogP contribution in [-0.2, 0) is 4.74 Å². The number of aliphatic hydroxyl groups excluding tert-OH is 4. The number of amides is 1. The first-order valence-corrected chi connectivity index (χ1v) is 6.34. The molecule has 2 rings (SSSR count). The Bertz CT molecular complexity index is 490. The van der Waals surface area contributed by atoms with E-state index in [4.69, 9.17) is 14.9 Å². The number of nitrogens with one attached hydrogen (secondary N) is 1. The molecule has 0 unspecified atom stereocenters. The second kappa shape index (κ2) is 6.37. The van der Waals surface area contributed by atoms with Crippen LogP contribution >= 0.6 is 0 Å². The van der Waals surface area contributed by atoms with Crippen LogP contribution in [0, 0.1) is 0 Å². The number of carbonyl (C=O) groups is 1. The van der Waals surface area contributed by atoms with Gasteiger partial charge >= 0.3 is 6.09 Å². The van der Waals surface area contributed by atoms with Gasteiger partial charge in [-0.15, -0.1) is 0 Å². The van der Waals surface area contributed by atoms with Gasteiger partial charge in [-0.1, -0.05) is 12.1 Å². The average Bonchev–Trinajstić information content (AvgIpc) is 2.46. The number of anilines is 1. The van der Waals surface area contributed by atoms with Gasteiger partial charge in [0.25, 0.3) is 0 Å². The van der Waals surface area contributed by atoms with Crippen LogP contribution in [0.3, 0.4) is 0 Å². The van der Waals surface area contributed by atoms with Gasteiger partial charge in [0.1, 0.15) is 30.5 Å². The Labute approximate surface area is 120 Å². The molecule has 0 aliphatic carbocycles. The fraction of sp³-hybridized carbons (Fsp3) is 0.462. The van der Waals surface area contributed by atoms with Gasteiger partial charge in [-0.25, -0.2) is 4.79 Å². The Kier molecular flexibility index (Phi) is 4.76. The van der Waals surface area contributed by atoms with Crippen molar-refractivity contribution < 1.29 is 35.1 Å². The van der Waals surface area contributed by atoms with E-state index in [1.807, 2.05) is 0 Å². The SMILES string of the molecule is O=C(O)Nc1ccc([C@H]2O[C@H](CO)[C@@H](O)[C@H](O)[C@@H]2O)cc1. The van der Waals surface area contributed by atoms with Gasteiger partial charge in [-0.2, -0.15) is 0 Å². The maximum absolute atomic E-state index is 10.5. The van der Waals surface area contributed by atoms with Gasteiger partial charge in [0.05, 0.1) is 6.61 Å². The van der Waals surface area contributed by atoms with Crippen molar-refractivity contribution in [3.63, 3.8) is 0 Å². The molecule has 8 heteroatoms. The third-order valence-corrected chi connectivity index (χ3v) is 3.38. The van der Waals surface area contributed by atoms with Gasteiger partial charge in [0.15, 0.2) is 0 Å². The molecule has 5 atom stereocenters. The van der Waals surface area contributed by atoms with E-state index in [2.05, 4.69) is 5.32 Å². The quantitative estimate of drug-likeness (QED) is 0.433. The summed E-state index contributed by atoms with van der Waals surface area (Å²) in [6.45, 7) is -0.500. The van der Waals surface area contributed by atoms with Gasteiger partial charge in [0.2, 0.25) is 0 Å². The first-order valence-electron chi connectivity index (χ1n) is 6.34. The fourth-order valence-electron chi connectivity index (χ4n) is 2.26. The van der Waals surface area contributed by atoms with E-state index in [1.165, 1.54) is 24.3 Å². The molecule has 6 N–H and O–H groups in total. The van der Waals surface area contributed by atoms with Crippen molar-refractivity contribution in [3.05, 3.63) is 29.8 Å². The summed E-state index contributed by atoms with van der Waals surface area (Å²) in [4.78, 5) is 10.5. The smallest absolute Gasteiger partial charge is 0.409 e. The molecule has 1 amide bonds. The first-order chi connectivity index (χ1) is 9.93. The minimum Gasteiger partial charge on any atom is -0.465 e. The summed E-state index contributed by atoms with van der Waals surface area (Å²) < 4.78 is 5.39. The molecular weight excluding hydrogens is 282 g/mol. The summed E-state index contributed by atoms with van der Waals surface area (Å²) in [6, 6.07) is 6.01. The van der Waals surface area contributed by atoms with Crippen LogP contribution in [0.5, 0.6) is 0 Å². The topological polar surface area (TPSA) is 139 Å². The molecule has 21 heavy (non-hydrogen) atoms. The highest BCUT2D eigenvalue weighted by molar-refractivity contribution is 5.82. The second-order valence-electron chi connectivity index (χ2n) is 4.80. The molecule has 1 saturated heterocycles. The van der Waals surface area contributed by atoms with Gasteiger partial charge in [0, 0.05) is 5.69 Å². The second-order valence-corrected chi connectivity index (χ2v) is 4.80. The summed E-state index contributed by atoms with van der Waals surface area (Å²) >= 11 is 0. The first kappa shape index (κ1) is 15.7. The van der Waals surface area contributed by atoms with E-state index in [9.17, 15) is 20.1 Å². The lowest BCUT2D eigenvalue weighted by Gasteiger charge is -2.40. The largest absolute Gasteiger partial charge is 0.465 e. The summed E-state index contributed by atoms with van der Waals surface area (Å²) in [5, 5.41) is 49.3. The van der Waals surface area contributed by atoms with Crippen LogP contribution in [0.15, 0.2) is 24.3 Å². The van der Waals surface area contributed by atoms with E-state index < -0.39 is 43.2 Å². The highest BCUT2D eigenvalue weighted by Crippen LogP contribution is 2.32. The van der Waals surface area contributed by atoms with Crippen molar-refractivity contribution in [1.29, 1.82) is 0 Å². The van der Waals surface area contributed by atoms with E-state index in [0.29, 0.717) is 11.3 Å². The maximum Gasteiger partial charge on any atom is 0.409 e. The van der Waals surface area contributed by atoms with E-state index in [-0.39, 0.29) is 0 Å². The number of hydrogen-bond acceptors (Lipinski definition) is 6. The van der Waals surface area contributed by atoms with Crippen molar-refractivity contribution in [3.8, 4) is 0 Å². The van der Waals surface area contributed by atoms with Gasteiger partial charge in [-0.05, 0) is 17.7 Å². The summed E-state index contributed by atoms with van der Waals surface area (Å²) in [7, 11) is 0. The molecule has 1 aromatic carbocycles. The van der Waals surface area contributed by atoms with E-state index in [0.717, 1.165) is 0 Å². The molecule has 0 bridgehead atoms. The molecule has 8 nitrogen and oxygen atoms in total. The normalized spacial score (nSPS) is 32.7. The zero-order valence-electron chi connectivity index (χ0n) is 11.0. The van der Waals surface area contributed by atoms with Crippen molar-refractivity contribution in [2.75, 3.05) is 11.9 Å². The summed E-state index contributed by atoms with van der Waals surface area (Å²) in [6.07, 6.45) is -7.33. The molecule has 1 fully saturated rings. The molecular formula is C13H17NO7. The molecule has 0 saturated carbocycles. The predicted molar refractivity (Wildman–Crippen MR) is 70.8 cm³/mol. The third-order valence-electron chi connectivity index (χ3n) is 3.38. The Hall–Kier alpha value is -1.71. The predicted octanol–water partition coefficient (Wildman–Crippen LogP) is -0.709. The van der Waals surface area contributed by atoms with Crippen molar-refractivity contribution in [2.24, 2.45) is 0 Å². The maximum atomic E-state index is 10.5. The molecule has 0 spiro atoms. The zero-order chi connectivity index (χ0) is 15.6. The number of benzene rings is 1. The standard InChI is InChI=1S/C13H17NO7/c15-5-8-9(16)10(17)11(18)12(21-8)6-1-3-7(4-2-6)14-13(19)20/h1-4,8-12,14-18H,5H2,(H,19,20)/t8-,9-,10+,11+,12-/m1/s1. The lowest BCUT2D eigenvalue weighted by Crippen LogP contribution is -2.55. The minimum atomic E-state index is -1.45. The molecule has 1 aromatic rings. The highest BCUT2D eigenvalue weighted by atomic mass is 16.5. The van der Waals surface area contributed by atoms with Crippen LogP contribution < -0.4 is 5.32 Å².